The number of hydrogen-bond donors (Lipinski definition) is 1. The molecule has 100 valence electrons. The molecule has 18 heavy (non-hydrogen) atoms. The van der Waals surface area contributed by atoms with Crippen LogP contribution in [0.15, 0.2) is 12.4 Å². The summed E-state index contributed by atoms with van der Waals surface area (Å²) in [6.07, 6.45) is 4.98. The first-order valence-electron chi connectivity index (χ1n) is 6.22. The van der Waals surface area contributed by atoms with Crippen LogP contribution in [0.5, 0.6) is 0 Å². The zero-order valence-electron chi connectivity index (χ0n) is 10.8. The zero-order valence-corrected chi connectivity index (χ0v) is 11.6. The van der Waals surface area contributed by atoms with Gasteiger partial charge in [0.25, 0.3) is 0 Å². The van der Waals surface area contributed by atoms with Gasteiger partial charge in [-0.15, -0.1) is 0 Å². The first-order valence-corrected chi connectivity index (χ1v) is 8.04. The van der Waals surface area contributed by atoms with Crippen molar-refractivity contribution in [1.29, 1.82) is 0 Å². The van der Waals surface area contributed by atoms with Crippen molar-refractivity contribution in [1.82, 2.24) is 15.3 Å². The van der Waals surface area contributed by atoms with E-state index in [2.05, 4.69) is 15.3 Å². The van der Waals surface area contributed by atoms with Crippen molar-refractivity contribution in [3.05, 3.63) is 23.8 Å². The lowest BCUT2D eigenvalue weighted by Crippen LogP contribution is -2.41. The van der Waals surface area contributed by atoms with Crippen LogP contribution in [-0.4, -0.2) is 35.9 Å². The number of hydrogen-bond acceptors (Lipinski definition) is 5. The molecular formula is C12H19N3O2S. The maximum absolute atomic E-state index is 11.6. The molecule has 0 aliphatic carbocycles. The Balaban J connectivity index is 2.04. The van der Waals surface area contributed by atoms with Gasteiger partial charge < -0.3 is 5.32 Å². The zero-order chi connectivity index (χ0) is 13.2. The highest BCUT2D eigenvalue weighted by Gasteiger charge is 2.26. The van der Waals surface area contributed by atoms with E-state index < -0.39 is 9.84 Å². The van der Waals surface area contributed by atoms with Gasteiger partial charge in [0, 0.05) is 24.5 Å². The molecule has 1 fully saturated rings. The van der Waals surface area contributed by atoms with Crippen LogP contribution in [0.1, 0.15) is 37.2 Å². The van der Waals surface area contributed by atoms with Crippen molar-refractivity contribution < 1.29 is 8.42 Å². The third-order valence-corrected chi connectivity index (χ3v) is 5.10. The van der Waals surface area contributed by atoms with Crippen molar-refractivity contribution in [3.8, 4) is 0 Å². The number of aromatic nitrogens is 2. The van der Waals surface area contributed by atoms with Crippen LogP contribution in [0.25, 0.3) is 0 Å². The molecule has 1 aliphatic rings. The van der Waals surface area contributed by atoms with Crippen LogP contribution < -0.4 is 5.32 Å². The van der Waals surface area contributed by atoms with Crippen LogP contribution >= 0.6 is 0 Å². The molecule has 2 atom stereocenters. The second-order valence-corrected chi connectivity index (χ2v) is 7.10. The summed E-state index contributed by atoms with van der Waals surface area (Å²) in [6.45, 7) is 3.91. The highest BCUT2D eigenvalue weighted by molar-refractivity contribution is 7.91. The van der Waals surface area contributed by atoms with Crippen molar-refractivity contribution in [2.45, 2.75) is 38.8 Å². The Morgan fingerprint density at radius 2 is 2.11 bits per heavy atom. The van der Waals surface area contributed by atoms with E-state index in [0.29, 0.717) is 5.75 Å². The first-order chi connectivity index (χ1) is 8.48. The van der Waals surface area contributed by atoms with Crippen LogP contribution in [-0.2, 0) is 9.84 Å². The Morgan fingerprint density at radius 3 is 2.78 bits per heavy atom. The maximum Gasteiger partial charge on any atom is 0.151 e. The van der Waals surface area contributed by atoms with Gasteiger partial charge in [-0.3, -0.25) is 9.97 Å². The smallest absolute Gasteiger partial charge is 0.151 e. The minimum Gasteiger partial charge on any atom is -0.305 e. The molecule has 2 heterocycles. The lowest BCUT2D eigenvalue weighted by Gasteiger charge is -2.26. The lowest BCUT2D eigenvalue weighted by atomic mass is 10.1. The molecule has 0 amide bonds. The van der Waals surface area contributed by atoms with Crippen LogP contribution in [0.3, 0.4) is 0 Å². The van der Waals surface area contributed by atoms with Crippen LogP contribution in [0, 0.1) is 6.92 Å². The normalized spacial score (nSPS) is 24.7. The Labute approximate surface area is 108 Å². The number of rotatable bonds is 3. The van der Waals surface area contributed by atoms with Gasteiger partial charge in [-0.25, -0.2) is 8.42 Å². The number of nitrogens with zero attached hydrogens (tertiary/aromatic N) is 2. The first kappa shape index (κ1) is 13.4. The molecule has 2 unspecified atom stereocenters. The van der Waals surface area contributed by atoms with E-state index in [-0.39, 0.29) is 17.8 Å². The molecule has 1 N–H and O–H groups in total. The summed E-state index contributed by atoms with van der Waals surface area (Å²) < 4.78 is 23.2. The Morgan fingerprint density at radius 1 is 1.39 bits per heavy atom. The minimum atomic E-state index is -2.87. The lowest BCUT2D eigenvalue weighted by molar-refractivity contribution is 0.431. The van der Waals surface area contributed by atoms with Crippen LogP contribution in [0.2, 0.25) is 0 Å². The van der Waals surface area contributed by atoms with Crippen LogP contribution in [0.4, 0.5) is 0 Å². The van der Waals surface area contributed by atoms with Gasteiger partial charge >= 0.3 is 0 Å². The molecular weight excluding hydrogens is 250 g/mol. The summed E-state index contributed by atoms with van der Waals surface area (Å²) in [4.78, 5) is 8.51. The molecule has 0 aromatic carbocycles. The molecule has 0 saturated carbocycles. The highest BCUT2D eigenvalue weighted by Crippen LogP contribution is 2.17. The van der Waals surface area contributed by atoms with Gasteiger partial charge in [0.05, 0.1) is 22.9 Å². The van der Waals surface area contributed by atoms with E-state index in [1.807, 2.05) is 13.8 Å². The minimum absolute atomic E-state index is 0.0250. The van der Waals surface area contributed by atoms with E-state index in [4.69, 9.17) is 0 Å². The SMILES string of the molecule is Cc1nccnc1C(C)NC1CCCS(=O)(=O)C1. The number of nitrogens with one attached hydrogen (secondary N) is 1. The second kappa shape index (κ2) is 5.32. The third kappa shape index (κ3) is 3.26. The molecule has 0 radical (unpaired) electrons. The Kier molecular flexibility index (Phi) is 3.97. The van der Waals surface area contributed by atoms with E-state index in [0.717, 1.165) is 24.2 Å². The van der Waals surface area contributed by atoms with E-state index in [1.54, 1.807) is 12.4 Å². The van der Waals surface area contributed by atoms with Gasteiger partial charge in [0.1, 0.15) is 0 Å². The monoisotopic (exact) mass is 269 g/mol. The summed E-state index contributed by atoms with van der Waals surface area (Å²) in [5, 5.41) is 3.35. The molecule has 1 aromatic heterocycles. The van der Waals surface area contributed by atoms with E-state index >= 15 is 0 Å². The standard InChI is InChI=1S/C12H19N3O2S/c1-9-12(14-6-5-13-9)10(2)15-11-4-3-7-18(16,17)8-11/h5-6,10-11,15H,3-4,7-8H2,1-2H3. The predicted octanol–water partition coefficient (Wildman–Crippen LogP) is 1.01. The average Bonchev–Trinajstić information content (AvgIpc) is 2.28. The van der Waals surface area contributed by atoms with Crippen molar-refractivity contribution in [3.63, 3.8) is 0 Å². The molecule has 5 nitrogen and oxygen atoms in total. The maximum atomic E-state index is 11.6. The fourth-order valence-corrected chi connectivity index (χ4v) is 4.08. The third-order valence-electron chi connectivity index (χ3n) is 3.28. The quantitative estimate of drug-likeness (QED) is 0.886. The van der Waals surface area contributed by atoms with Crippen molar-refractivity contribution in [2.24, 2.45) is 0 Å². The van der Waals surface area contributed by atoms with Crippen molar-refractivity contribution in [2.75, 3.05) is 11.5 Å². The molecule has 6 heteroatoms. The van der Waals surface area contributed by atoms with E-state index in [9.17, 15) is 8.42 Å². The summed E-state index contributed by atoms with van der Waals surface area (Å²) in [6, 6.07) is 0.0529. The van der Waals surface area contributed by atoms with Gasteiger partial charge in [0.15, 0.2) is 9.84 Å². The van der Waals surface area contributed by atoms with Crippen molar-refractivity contribution >= 4 is 9.84 Å². The van der Waals surface area contributed by atoms with Gasteiger partial charge in [-0.1, -0.05) is 0 Å². The molecule has 0 spiro atoms. The molecule has 1 aromatic rings. The topological polar surface area (TPSA) is 72.0 Å². The number of sulfone groups is 1. The summed E-state index contributed by atoms with van der Waals surface area (Å²) in [5.74, 6) is 0.556. The summed E-state index contributed by atoms with van der Waals surface area (Å²) >= 11 is 0. The molecule has 1 aliphatic heterocycles. The largest absolute Gasteiger partial charge is 0.305 e. The second-order valence-electron chi connectivity index (χ2n) is 4.87. The fraction of sp³-hybridized carbons (Fsp3) is 0.667. The van der Waals surface area contributed by atoms with E-state index in [1.165, 1.54) is 0 Å². The predicted molar refractivity (Wildman–Crippen MR) is 70.0 cm³/mol. The average molecular weight is 269 g/mol. The summed E-state index contributed by atoms with van der Waals surface area (Å²) in [7, 11) is -2.87. The van der Waals surface area contributed by atoms with Gasteiger partial charge in [0.2, 0.25) is 0 Å². The molecule has 0 bridgehead atoms. The Hall–Kier alpha value is -1.01. The molecule has 1 saturated heterocycles. The Bertz CT molecular complexity index is 516. The molecule has 2 rings (SSSR count). The fourth-order valence-electron chi connectivity index (χ4n) is 2.43. The highest BCUT2D eigenvalue weighted by atomic mass is 32.2. The van der Waals surface area contributed by atoms with Gasteiger partial charge in [-0.05, 0) is 26.7 Å². The summed E-state index contributed by atoms with van der Waals surface area (Å²) in [5.41, 5.74) is 1.77. The van der Waals surface area contributed by atoms with Gasteiger partial charge in [-0.2, -0.15) is 0 Å². The number of aryl methyl sites for hydroxylation is 1.